The first-order chi connectivity index (χ1) is 15.4. The van der Waals surface area contributed by atoms with Crippen molar-refractivity contribution in [1.29, 1.82) is 0 Å². The number of thioether (sulfide) groups is 1. The van der Waals surface area contributed by atoms with E-state index in [-0.39, 0.29) is 23.3 Å². The molecule has 0 aliphatic heterocycles. The van der Waals surface area contributed by atoms with Crippen molar-refractivity contribution in [2.24, 2.45) is 5.92 Å². The number of hydrogen-bond donors (Lipinski definition) is 1. The molecule has 9 heteroatoms. The number of carbonyl (C=O) groups is 1. The molecule has 0 aliphatic carbocycles. The van der Waals surface area contributed by atoms with Crippen LogP contribution in [0.25, 0.3) is 0 Å². The molecule has 1 amide bonds. The smallest absolute Gasteiger partial charge is 0.234 e. The molecule has 2 aromatic carbocycles. The Hall–Kier alpha value is -2.58. The third kappa shape index (κ3) is 6.71. The number of hydrogen-bond acceptors (Lipinski definition) is 5. The van der Waals surface area contributed by atoms with Crippen LogP contribution in [-0.4, -0.2) is 26.4 Å². The van der Waals surface area contributed by atoms with Crippen molar-refractivity contribution in [3.63, 3.8) is 0 Å². The number of aromatic nitrogens is 3. The van der Waals surface area contributed by atoms with E-state index in [1.54, 1.807) is 0 Å². The van der Waals surface area contributed by atoms with Gasteiger partial charge in [0.2, 0.25) is 5.91 Å². The minimum Gasteiger partial charge on any atom is -0.486 e. The molecule has 0 atom stereocenters. The molecule has 1 N–H and O–H groups in total. The Morgan fingerprint density at radius 2 is 1.97 bits per heavy atom. The maximum absolute atomic E-state index is 13.2. The van der Waals surface area contributed by atoms with Crippen molar-refractivity contribution >= 4 is 35.0 Å². The van der Waals surface area contributed by atoms with Gasteiger partial charge in [0.1, 0.15) is 18.2 Å². The molecule has 0 spiro atoms. The summed E-state index contributed by atoms with van der Waals surface area (Å²) in [5.41, 5.74) is 1.62. The van der Waals surface area contributed by atoms with Gasteiger partial charge in [-0.25, -0.2) is 4.39 Å². The van der Waals surface area contributed by atoms with Gasteiger partial charge >= 0.3 is 0 Å². The normalized spacial score (nSPS) is 11.1. The predicted octanol–water partition coefficient (Wildman–Crippen LogP) is 5.60. The van der Waals surface area contributed by atoms with Crippen molar-refractivity contribution in [3.8, 4) is 5.75 Å². The minimum absolute atomic E-state index is 0.114. The molecule has 0 radical (unpaired) electrons. The summed E-state index contributed by atoms with van der Waals surface area (Å²) in [5.74, 6) is 1.22. The predicted molar refractivity (Wildman–Crippen MR) is 126 cm³/mol. The maximum Gasteiger partial charge on any atom is 0.234 e. The van der Waals surface area contributed by atoms with Crippen molar-refractivity contribution in [2.75, 3.05) is 11.1 Å². The lowest BCUT2D eigenvalue weighted by atomic mass is 10.2. The molecule has 0 fully saturated rings. The number of ether oxygens (including phenoxy) is 1. The summed E-state index contributed by atoms with van der Waals surface area (Å²) in [6.07, 6.45) is 0.977. The molecule has 3 aromatic rings. The van der Waals surface area contributed by atoms with Gasteiger partial charge in [-0.1, -0.05) is 56.3 Å². The number of carbonyl (C=O) groups excluding carboxylic acids is 1. The zero-order chi connectivity index (χ0) is 23.1. The lowest BCUT2D eigenvalue weighted by Gasteiger charge is -2.13. The van der Waals surface area contributed by atoms with Gasteiger partial charge in [0.25, 0.3) is 0 Å². The lowest BCUT2D eigenvalue weighted by molar-refractivity contribution is -0.113. The highest BCUT2D eigenvalue weighted by molar-refractivity contribution is 7.99. The van der Waals surface area contributed by atoms with Crippen molar-refractivity contribution in [3.05, 3.63) is 64.7 Å². The number of rotatable bonds is 10. The van der Waals surface area contributed by atoms with Gasteiger partial charge in [-0.15, -0.1) is 10.2 Å². The van der Waals surface area contributed by atoms with Crippen LogP contribution in [0.2, 0.25) is 5.02 Å². The van der Waals surface area contributed by atoms with Crippen LogP contribution in [0.5, 0.6) is 5.75 Å². The van der Waals surface area contributed by atoms with Crippen LogP contribution < -0.4 is 10.1 Å². The summed E-state index contributed by atoms with van der Waals surface area (Å²) in [5, 5.41) is 12.0. The molecule has 32 heavy (non-hydrogen) atoms. The molecule has 0 bridgehead atoms. The molecule has 1 aromatic heterocycles. The summed E-state index contributed by atoms with van der Waals surface area (Å²) in [7, 11) is 0. The van der Waals surface area contributed by atoms with Gasteiger partial charge in [-0.05, 0) is 48.2 Å². The molecule has 3 rings (SSSR count). The van der Waals surface area contributed by atoms with Crippen molar-refractivity contribution < 1.29 is 13.9 Å². The monoisotopic (exact) mass is 476 g/mol. The molecule has 0 saturated carbocycles. The average molecular weight is 477 g/mol. The molecule has 0 unspecified atom stereocenters. The number of aryl methyl sites for hydroxylation is 1. The summed E-state index contributed by atoms with van der Waals surface area (Å²) in [4.78, 5) is 12.4. The quantitative estimate of drug-likeness (QED) is 0.386. The largest absolute Gasteiger partial charge is 0.486 e. The van der Waals surface area contributed by atoms with E-state index in [1.807, 2.05) is 28.8 Å². The summed E-state index contributed by atoms with van der Waals surface area (Å²) < 4.78 is 21.1. The van der Waals surface area contributed by atoms with E-state index in [0.29, 0.717) is 29.1 Å². The minimum atomic E-state index is -0.458. The zero-order valence-corrected chi connectivity index (χ0v) is 19.8. The Bertz CT molecular complexity index is 1060. The van der Waals surface area contributed by atoms with E-state index in [4.69, 9.17) is 16.3 Å². The van der Waals surface area contributed by atoms with Gasteiger partial charge in [-0.2, -0.15) is 0 Å². The summed E-state index contributed by atoms with van der Waals surface area (Å²) in [6.45, 7) is 7.30. The number of amides is 1. The highest BCUT2D eigenvalue weighted by atomic mass is 35.5. The van der Waals surface area contributed by atoms with Gasteiger partial charge in [0, 0.05) is 6.54 Å². The van der Waals surface area contributed by atoms with Crippen LogP contribution in [0.3, 0.4) is 0 Å². The zero-order valence-electron chi connectivity index (χ0n) is 18.3. The highest BCUT2D eigenvalue weighted by Gasteiger charge is 2.16. The number of halogens is 2. The first-order valence-corrected chi connectivity index (χ1v) is 11.7. The first kappa shape index (κ1) is 24.1. The van der Waals surface area contributed by atoms with Crippen LogP contribution in [0, 0.1) is 11.7 Å². The van der Waals surface area contributed by atoms with E-state index in [9.17, 15) is 9.18 Å². The second kappa shape index (κ2) is 11.3. The number of nitrogens with one attached hydrogen (secondary N) is 1. The Morgan fingerprint density at radius 3 is 2.62 bits per heavy atom. The van der Waals surface area contributed by atoms with Gasteiger partial charge in [0.05, 0.1) is 16.5 Å². The fourth-order valence-corrected chi connectivity index (χ4v) is 3.94. The van der Waals surface area contributed by atoms with Crippen LogP contribution in [0.15, 0.2) is 47.6 Å². The lowest BCUT2D eigenvalue weighted by Crippen LogP contribution is -2.16. The van der Waals surface area contributed by atoms with Gasteiger partial charge < -0.3 is 14.6 Å². The Kier molecular flexibility index (Phi) is 8.53. The third-order valence-electron chi connectivity index (χ3n) is 4.58. The topological polar surface area (TPSA) is 69.0 Å². The van der Waals surface area contributed by atoms with Crippen LogP contribution >= 0.6 is 23.4 Å². The molecule has 0 saturated heterocycles. The number of nitrogens with zero attached hydrogens (tertiary/aromatic N) is 3. The SMILES string of the molecule is CCc1ccc(OCc2nnc(SCC(=O)Nc3ccc(F)cc3Cl)n2CC(C)C)cc1. The molecule has 1 heterocycles. The van der Waals surface area contributed by atoms with Gasteiger partial charge in [0.15, 0.2) is 11.0 Å². The summed E-state index contributed by atoms with van der Waals surface area (Å²) in [6, 6.07) is 11.8. The van der Waals surface area contributed by atoms with E-state index in [2.05, 4.69) is 36.3 Å². The second-order valence-corrected chi connectivity index (χ2v) is 9.00. The Labute approximate surface area is 196 Å². The second-order valence-electron chi connectivity index (χ2n) is 7.65. The fraction of sp³-hybridized carbons (Fsp3) is 0.348. The summed E-state index contributed by atoms with van der Waals surface area (Å²) >= 11 is 7.25. The van der Waals surface area contributed by atoms with E-state index >= 15 is 0 Å². The van der Waals surface area contributed by atoms with Crippen LogP contribution in [0.4, 0.5) is 10.1 Å². The number of benzene rings is 2. The average Bonchev–Trinajstić information content (AvgIpc) is 3.14. The third-order valence-corrected chi connectivity index (χ3v) is 5.86. The van der Waals surface area contributed by atoms with Gasteiger partial charge in [-0.3, -0.25) is 4.79 Å². The molecule has 6 nitrogen and oxygen atoms in total. The van der Waals surface area contributed by atoms with E-state index < -0.39 is 5.82 Å². The molecule has 170 valence electrons. The van der Waals surface area contributed by atoms with Crippen molar-refractivity contribution in [2.45, 2.75) is 45.5 Å². The van der Waals surface area contributed by atoms with E-state index in [1.165, 1.54) is 29.5 Å². The Morgan fingerprint density at radius 1 is 1.22 bits per heavy atom. The molecular weight excluding hydrogens is 451 g/mol. The van der Waals surface area contributed by atoms with E-state index in [0.717, 1.165) is 18.2 Å². The number of anilines is 1. The molecule has 0 aliphatic rings. The van der Waals surface area contributed by atoms with Crippen LogP contribution in [-0.2, 0) is 24.4 Å². The molecular formula is C23H26ClFN4O2S. The highest BCUT2D eigenvalue weighted by Crippen LogP contribution is 2.24. The maximum atomic E-state index is 13.2. The Balaban J connectivity index is 1.63. The standard InChI is InChI=1S/C23H26ClFN4O2S/c1-4-16-5-8-18(9-6-16)31-13-21-27-28-23(29(21)12-15(2)3)32-14-22(30)26-20-10-7-17(25)11-19(20)24/h5-11,15H,4,12-14H2,1-3H3,(H,26,30). The van der Waals surface area contributed by atoms with Crippen molar-refractivity contribution in [1.82, 2.24) is 14.8 Å². The first-order valence-electron chi connectivity index (χ1n) is 10.4. The van der Waals surface area contributed by atoms with Crippen LogP contribution in [0.1, 0.15) is 32.2 Å². The fourth-order valence-electron chi connectivity index (χ4n) is 2.96.